The number of halogens is 1. The van der Waals surface area contributed by atoms with Crippen molar-refractivity contribution in [3.8, 4) is 0 Å². The van der Waals surface area contributed by atoms with Crippen molar-refractivity contribution in [3.63, 3.8) is 0 Å². The van der Waals surface area contributed by atoms with Gasteiger partial charge in [0.25, 0.3) is 11.6 Å². The van der Waals surface area contributed by atoms with E-state index in [2.05, 4.69) is 5.32 Å². The Bertz CT molecular complexity index is 1480. The predicted octanol–water partition coefficient (Wildman–Crippen LogP) is 4.83. The summed E-state index contributed by atoms with van der Waals surface area (Å²) in [7, 11) is 0. The first-order chi connectivity index (χ1) is 18.3. The van der Waals surface area contributed by atoms with Crippen LogP contribution in [0.15, 0.2) is 72.8 Å². The van der Waals surface area contributed by atoms with Gasteiger partial charge in [0, 0.05) is 35.8 Å². The number of amides is 4. The molecule has 10 heteroatoms. The highest BCUT2D eigenvalue weighted by Gasteiger charge is 2.63. The van der Waals surface area contributed by atoms with Crippen LogP contribution in [0.2, 0.25) is 5.02 Å². The van der Waals surface area contributed by atoms with Crippen molar-refractivity contribution in [1.82, 2.24) is 5.32 Å². The molecule has 3 aliphatic rings. The number of anilines is 2. The lowest BCUT2D eigenvalue weighted by Gasteiger charge is -2.54. The number of nitro benzene ring substituents is 1. The number of nitrogens with zero attached hydrogens (tertiary/aromatic N) is 3. The maximum Gasteiger partial charge on any atom is 0.335 e. The number of fused-ring (bicyclic) bond motifs is 4. The second-order valence-corrected chi connectivity index (χ2v) is 10.4. The van der Waals surface area contributed by atoms with Crippen molar-refractivity contribution in [1.29, 1.82) is 0 Å². The first-order valence-electron chi connectivity index (χ1n) is 12.3. The highest BCUT2D eigenvalue weighted by Crippen LogP contribution is 2.51. The van der Waals surface area contributed by atoms with Gasteiger partial charge in [0.05, 0.1) is 16.7 Å². The molecule has 3 aromatic rings. The Morgan fingerprint density at radius 3 is 2.45 bits per heavy atom. The number of imide groups is 2. The van der Waals surface area contributed by atoms with Crippen LogP contribution in [0.3, 0.4) is 0 Å². The fourth-order valence-corrected chi connectivity index (χ4v) is 6.33. The molecule has 4 amide bonds. The van der Waals surface area contributed by atoms with E-state index >= 15 is 0 Å². The van der Waals surface area contributed by atoms with Gasteiger partial charge in [-0.05, 0) is 60.2 Å². The number of urea groups is 1. The summed E-state index contributed by atoms with van der Waals surface area (Å²) in [5, 5.41) is 14.4. The summed E-state index contributed by atoms with van der Waals surface area (Å²) in [6, 6.07) is 19.4. The quantitative estimate of drug-likeness (QED) is 0.295. The maximum atomic E-state index is 14.4. The van der Waals surface area contributed by atoms with Crippen LogP contribution in [0.5, 0.6) is 0 Å². The Kier molecular flexibility index (Phi) is 5.68. The first-order valence-corrected chi connectivity index (χ1v) is 12.7. The minimum absolute atomic E-state index is 0.0608. The third-order valence-corrected chi connectivity index (χ3v) is 8.25. The molecule has 3 heterocycles. The van der Waals surface area contributed by atoms with Gasteiger partial charge in [-0.15, -0.1) is 0 Å². The largest absolute Gasteiger partial charge is 0.367 e. The second-order valence-electron chi connectivity index (χ2n) is 9.94. The van der Waals surface area contributed by atoms with E-state index in [1.165, 1.54) is 12.1 Å². The van der Waals surface area contributed by atoms with Crippen LogP contribution in [0.25, 0.3) is 0 Å². The molecule has 38 heavy (non-hydrogen) atoms. The molecule has 3 atom stereocenters. The van der Waals surface area contributed by atoms with Gasteiger partial charge in [0.15, 0.2) is 5.41 Å². The monoisotopic (exact) mass is 530 g/mol. The van der Waals surface area contributed by atoms with Crippen LogP contribution in [-0.2, 0) is 16.0 Å². The molecule has 2 fully saturated rings. The van der Waals surface area contributed by atoms with Crippen LogP contribution in [0, 0.1) is 15.5 Å². The molecular formula is C28H23ClN4O5. The van der Waals surface area contributed by atoms with E-state index in [4.69, 9.17) is 11.6 Å². The molecular weight excluding hydrogens is 508 g/mol. The van der Waals surface area contributed by atoms with Gasteiger partial charge in [-0.3, -0.25) is 25.0 Å². The normalized spacial score (nSPS) is 24.6. The fourth-order valence-electron chi connectivity index (χ4n) is 6.20. The number of nitro groups is 1. The zero-order valence-electron chi connectivity index (χ0n) is 20.2. The Morgan fingerprint density at radius 2 is 1.74 bits per heavy atom. The molecule has 0 aliphatic carbocycles. The third kappa shape index (κ3) is 3.65. The Hall–Kier alpha value is -4.24. The van der Waals surface area contributed by atoms with Gasteiger partial charge in [-0.2, -0.15) is 0 Å². The maximum absolute atomic E-state index is 14.4. The number of nitrogens with one attached hydrogen (secondary N) is 1. The van der Waals surface area contributed by atoms with Gasteiger partial charge in [0.1, 0.15) is 0 Å². The number of hydrogen-bond donors (Lipinski definition) is 1. The lowest BCUT2D eigenvalue weighted by atomic mass is 9.64. The molecule has 0 radical (unpaired) electrons. The van der Waals surface area contributed by atoms with Crippen LogP contribution in [0.1, 0.15) is 29.9 Å². The molecule has 6 rings (SSSR count). The van der Waals surface area contributed by atoms with E-state index in [0.29, 0.717) is 23.6 Å². The van der Waals surface area contributed by atoms with E-state index < -0.39 is 34.2 Å². The van der Waals surface area contributed by atoms with E-state index in [9.17, 15) is 24.5 Å². The summed E-state index contributed by atoms with van der Waals surface area (Å²) in [5.74, 6) is -1.23. The summed E-state index contributed by atoms with van der Waals surface area (Å²) in [6.07, 6.45) is 1.22. The minimum Gasteiger partial charge on any atom is -0.367 e. The van der Waals surface area contributed by atoms with Crippen LogP contribution in [-0.4, -0.2) is 35.4 Å². The van der Waals surface area contributed by atoms with Crippen molar-refractivity contribution in [3.05, 3.63) is 99.1 Å². The summed E-state index contributed by atoms with van der Waals surface area (Å²) >= 11 is 6.03. The standard InChI is InChI=1S/C28H23ClN4O5/c29-20-6-8-21(9-7-20)32-26(35)28(25(34)30-27(32)36)16-19-14-22(33(37)38)10-11-23(19)31-13-12-18(15-24(28)31)17-4-2-1-3-5-17/h1-11,14,18,24H,12-13,15-16H2,(H,30,34,36). The molecule has 0 aromatic heterocycles. The fraction of sp³-hybridized carbons (Fsp3) is 0.250. The minimum atomic E-state index is -1.66. The molecule has 0 saturated carbocycles. The topological polar surface area (TPSA) is 113 Å². The van der Waals surface area contributed by atoms with Crippen LogP contribution in [0.4, 0.5) is 21.9 Å². The lowest BCUT2D eigenvalue weighted by Crippen LogP contribution is -2.73. The summed E-state index contributed by atoms with van der Waals surface area (Å²) in [6.45, 7) is 0.548. The van der Waals surface area contributed by atoms with Gasteiger partial charge < -0.3 is 4.90 Å². The number of barbiturate groups is 1. The van der Waals surface area contributed by atoms with Gasteiger partial charge in [-0.25, -0.2) is 9.69 Å². The zero-order valence-corrected chi connectivity index (χ0v) is 20.9. The van der Waals surface area contributed by atoms with Crippen molar-refractivity contribution in [2.45, 2.75) is 31.2 Å². The van der Waals surface area contributed by atoms with E-state index in [0.717, 1.165) is 22.6 Å². The number of carbonyl (C=O) groups is 3. The van der Waals surface area contributed by atoms with Crippen LogP contribution < -0.4 is 15.1 Å². The van der Waals surface area contributed by atoms with Crippen molar-refractivity contribution in [2.24, 2.45) is 5.41 Å². The number of hydrogen-bond acceptors (Lipinski definition) is 6. The molecule has 192 valence electrons. The zero-order chi connectivity index (χ0) is 26.6. The second kappa shape index (κ2) is 8.95. The predicted molar refractivity (Wildman–Crippen MR) is 141 cm³/mol. The van der Waals surface area contributed by atoms with Crippen LogP contribution >= 0.6 is 11.6 Å². The molecule has 1 spiro atoms. The highest BCUT2D eigenvalue weighted by molar-refractivity contribution is 6.32. The molecule has 2 saturated heterocycles. The lowest BCUT2D eigenvalue weighted by molar-refractivity contribution is -0.384. The molecule has 0 bridgehead atoms. The third-order valence-electron chi connectivity index (χ3n) is 7.99. The molecule has 3 aromatic carbocycles. The van der Waals surface area contributed by atoms with Crippen molar-refractivity contribution in [2.75, 3.05) is 16.3 Å². The van der Waals surface area contributed by atoms with Gasteiger partial charge in [-0.1, -0.05) is 41.9 Å². The molecule has 9 nitrogen and oxygen atoms in total. The number of carbonyl (C=O) groups excluding carboxylic acids is 3. The van der Waals surface area contributed by atoms with Crippen molar-refractivity contribution >= 4 is 46.5 Å². The molecule has 1 N–H and O–H groups in total. The first kappa shape index (κ1) is 24.1. The molecule has 3 aliphatic heterocycles. The summed E-state index contributed by atoms with van der Waals surface area (Å²) in [5.41, 5.74) is 0.923. The Labute approximate surface area is 223 Å². The molecule has 3 unspecified atom stereocenters. The van der Waals surface area contributed by atoms with Gasteiger partial charge >= 0.3 is 6.03 Å². The van der Waals surface area contributed by atoms with Crippen molar-refractivity contribution < 1.29 is 19.3 Å². The average molecular weight is 531 g/mol. The average Bonchev–Trinajstić information content (AvgIpc) is 2.92. The number of piperidine rings is 1. The van der Waals surface area contributed by atoms with E-state index in [1.807, 2.05) is 35.2 Å². The SMILES string of the molecule is O=C1NC(=O)C2(Cc3cc([N+](=O)[O-])ccc3N3CCC(c4ccccc4)CC32)C(=O)N1c1ccc(Cl)cc1. The summed E-state index contributed by atoms with van der Waals surface area (Å²) in [4.78, 5) is 55.2. The van der Waals surface area contributed by atoms with E-state index in [-0.39, 0.29) is 23.7 Å². The number of rotatable bonds is 3. The van der Waals surface area contributed by atoms with E-state index in [1.54, 1.807) is 30.3 Å². The number of benzene rings is 3. The Balaban J connectivity index is 1.50. The Morgan fingerprint density at radius 1 is 1.00 bits per heavy atom. The smallest absolute Gasteiger partial charge is 0.335 e. The number of non-ortho nitro benzene ring substituents is 1. The van der Waals surface area contributed by atoms with Gasteiger partial charge in [0.2, 0.25) is 5.91 Å². The summed E-state index contributed by atoms with van der Waals surface area (Å²) < 4.78 is 0. The highest BCUT2D eigenvalue weighted by atomic mass is 35.5.